The number of ether oxygens (including phenoxy) is 1. The van der Waals surface area contributed by atoms with Crippen molar-refractivity contribution in [3.05, 3.63) is 153 Å². The number of hydrogen-bond acceptors (Lipinski definition) is 15. The van der Waals surface area contributed by atoms with E-state index in [4.69, 9.17) is 4.74 Å². The Balaban J connectivity index is 0.000000103. The van der Waals surface area contributed by atoms with Crippen LogP contribution in [0.2, 0.25) is 0 Å². The van der Waals surface area contributed by atoms with Crippen LogP contribution in [0.25, 0.3) is 0 Å². The Kier molecular flexibility index (Phi) is 26.0. The number of hydrogen-bond donors (Lipinski definition) is 0. The maximum absolute atomic E-state index is 14.0. The first-order chi connectivity index (χ1) is 55.8. The van der Waals surface area contributed by atoms with Crippen LogP contribution in [0.5, 0.6) is 5.75 Å². The van der Waals surface area contributed by atoms with Crippen molar-refractivity contribution in [2.45, 2.75) is 179 Å². The van der Waals surface area contributed by atoms with Crippen molar-refractivity contribution in [2.24, 2.45) is 82.9 Å². The number of para-hydroxylation sites is 2. The van der Waals surface area contributed by atoms with Crippen LogP contribution in [-0.4, -0.2) is 204 Å². The summed E-state index contributed by atoms with van der Waals surface area (Å²) in [5.41, 5.74) is 5.44. The zero-order valence-electron chi connectivity index (χ0n) is 68.8. The first-order valence-electron chi connectivity index (χ1n) is 45.8. The Morgan fingerprint density at radius 3 is 0.947 bits per heavy atom. The minimum absolute atomic E-state index is 0.0735. The van der Waals surface area contributed by atoms with Gasteiger partial charge in [-0.1, -0.05) is 68.9 Å². The average Bonchev–Trinajstić information content (AvgIpc) is 0.760. The minimum Gasteiger partial charge on any atom is -0.497 e. The molecule has 618 valence electrons. The maximum atomic E-state index is 14.0. The molecule has 19 heteroatoms. The predicted octanol–water partition coefficient (Wildman–Crippen LogP) is 17.8. The van der Waals surface area contributed by atoms with Crippen LogP contribution in [0, 0.1) is 115 Å². The lowest BCUT2D eigenvalue weighted by Gasteiger charge is -2.58. The molecule has 14 aliphatic carbocycles. The van der Waals surface area contributed by atoms with Crippen molar-refractivity contribution in [1.82, 2.24) is 24.5 Å². The quantitative estimate of drug-likeness (QED) is 0.0728. The fourth-order valence-corrected chi connectivity index (χ4v) is 26.9. The van der Waals surface area contributed by atoms with Gasteiger partial charge in [0.15, 0.2) is 0 Å². The third kappa shape index (κ3) is 19.1. The van der Waals surface area contributed by atoms with Crippen molar-refractivity contribution >= 4 is 39.8 Å². The Morgan fingerprint density at radius 2 is 0.632 bits per heavy atom. The van der Waals surface area contributed by atoms with Crippen molar-refractivity contribution in [3.63, 3.8) is 0 Å². The molecular weight excluding hydrogens is 1430 g/mol. The molecule has 0 aromatic heterocycles. The minimum atomic E-state index is -0.341. The van der Waals surface area contributed by atoms with Gasteiger partial charge in [0.05, 0.1) is 28.3 Å². The number of nitro groups is 2. The molecule has 14 saturated carbocycles. The van der Waals surface area contributed by atoms with Gasteiger partial charge in [0.1, 0.15) is 17.4 Å². The lowest BCUT2D eigenvalue weighted by molar-refractivity contribution is -0.385. The molecule has 24 rings (SSSR count). The van der Waals surface area contributed by atoms with Crippen LogP contribution in [0.1, 0.15) is 161 Å². The maximum Gasteiger partial charge on any atom is 0.269 e. The van der Waals surface area contributed by atoms with Gasteiger partial charge in [0.25, 0.3) is 11.4 Å². The van der Waals surface area contributed by atoms with E-state index in [2.05, 4.69) is 67.2 Å². The zero-order chi connectivity index (χ0) is 77.6. The van der Waals surface area contributed by atoms with Gasteiger partial charge in [-0.05, 0) is 266 Å². The number of benzene rings is 5. The Morgan fingerprint density at radius 1 is 0.333 bits per heavy atom. The SMILES string of the molecule is COc1cccc(N2CCN(C3C4CC5CC(C4)CC3C5)CC2)c1.Fc1ccccc1N1CCN(C2C3CC4CC(C3)CC2C4)CC1.Fc1ccccc1N1CCN(CC2CCCCC2)CC1.O=[N+]([O-])c1ccc(N2CCN(C3C4CC5CC(C4)CC3C5)CC2)cc1.O=[N+]([O-])c1ccc(N2CCN(CC3CCCCC3)CC2)cc1. The smallest absolute Gasteiger partial charge is 0.269 e. The first kappa shape index (κ1) is 79.8. The summed E-state index contributed by atoms with van der Waals surface area (Å²) in [6, 6.07) is 39.5. The van der Waals surface area contributed by atoms with Crippen LogP contribution in [-0.2, 0) is 0 Å². The average molecular weight is 1560 g/mol. The van der Waals surface area contributed by atoms with Gasteiger partial charge in [-0.2, -0.15) is 0 Å². The number of anilines is 5. The van der Waals surface area contributed by atoms with Crippen molar-refractivity contribution in [3.8, 4) is 5.75 Å². The molecule has 5 aromatic rings. The third-order valence-corrected chi connectivity index (χ3v) is 31.6. The summed E-state index contributed by atoms with van der Waals surface area (Å²) in [6.07, 6.45) is 36.8. The highest BCUT2D eigenvalue weighted by Crippen LogP contribution is 2.58. The molecule has 19 fully saturated rings. The summed E-state index contributed by atoms with van der Waals surface area (Å²) in [5, 5.41) is 21.5. The van der Waals surface area contributed by atoms with Crippen molar-refractivity contribution in [2.75, 3.05) is 176 Å². The molecule has 5 heterocycles. The summed E-state index contributed by atoms with van der Waals surface area (Å²) in [7, 11) is 1.75. The number of methoxy groups -OCH3 is 1. The van der Waals surface area contributed by atoms with Gasteiger partial charge in [0.2, 0.25) is 0 Å². The van der Waals surface area contributed by atoms with Crippen molar-refractivity contribution < 1.29 is 23.4 Å². The second-order valence-corrected chi connectivity index (χ2v) is 38.6. The Labute approximate surface area is 680 Å². The highest BCUT2D eigenvalue weighted by molar-refractivity contribution is 5.54. The monoisotopic (exact) mass is 1560 g/mol. The normalized spacial score (nSPS) is 32.3. The second kappa shape index (κ2) is 37.1. The van der Waals surface area contributed by atoms with E-state index in [1.807, 2.05) is 54.6 Å². The van der Waals surface area contributed by atoms with Crippen LogP contribution >= 0.6 is 0 Å². The molecule has 0 radical (unpaired) electrons. The fourth-order valence-electron chi connectivity index (χ4n) is 26.9. The zero-order valence-corrected chi connectivity index (χ0v) is 68.8. The van der Waals surface area contributed by atoms with E-state index in [0.717, 1.165) is 247 Å². The number of non-ortho nitro benzene ring substituents is 2. The number of nitro benzene ring substituents is 2. The summed E-state index contributed by atoms with van der Waals surface area (Å²) in [5.74, 6) is 14.9. The molecule has 12 bridgehead atoms. The van der Waals surface area contributed by atoms with Gasteiger partial charge in [-0.3, -0.25) is 44.7 Å². The number of rotatable bonds is 15. The predicted molar refractivity (Wildman–Crippen MR) is 456 cm³/mol. The molecule has 17 nitrogen and oxygen atoms in total. The number of piperazine rings is 5. The standard InChI is InChI=1S/C21H30N2O.C20H27FN2.C20H27N3O2.C17H25FN2.C17H25N3O2/c1-24-20-4-2-3-19(14-20)22-5-7-23(8-6-22)21-17-10-15-9-16(12-17)13-18(21)11-15;21-18-3-1-2-4-19(18)22-5-7-23(8-6-22)20-16-10-14-9-15(12-16)13-17(20)11-14;24-23(25)19-3-1-18(2-4-19)21-5-7-22(8-6-21)20-16-10-14-9-15(12-16)13-17(20)11-14;18-16-8-4-5-9-17(16)20-12-10-19(11-13-20)14-15-6-2-1-3-7-15;21-20(22)17-8-6-16(7-9-17)19-12-10-18(11-13-19)14-15-4-2-1-3-5-15/h2-4,14-18,21H,5-13H2,1H3;1-4,14-17,20H,5-13H2;1-4,14-17,20H,5-13H2;4-5,8-9,15H,1-3,6-7,10-14H2;6-9,15H,1-5,10-14H2. The Hall–Kier alpha value is -6.64. The molecule has 0 spiro atoms. The molecule has 5 aromatic carbocycles. The van der Waals surface area contributed by atoms with E-state index in [1.54, 1.807) is 62.1 Å². The number of halogens is 2. The van der Waals surface area contributed by atoms with Crippen LogP contribution in [0.3, 0.4) is 0 Å². The lowest BCUT2D eigenvalue weighted by atomic mass is 9.54. The molecule has 5 aliphatic heterocycles. The van der Waals surface area contributed by atoms with Crippen LogP contribution in [0.15, 0.2) is 121 Å². The molecular formula is C95H134F2N12O5. The van der Waals surface area contributed by atoms with Crippen molar-refractivity contribution in [1.29, 1.82) is 0 Å². The van der Waals surface area contributed by atoms with E-state index in [1.165, 1.54) is 186 Å². The van der Waals surface area contributed by atoms with Gasteiger partial charge in [0, 0.05) is 210 Å². The summed E-state index contributed by atoms with van der Waals surface area (Å²) in [6.45, 7) is 24.2. The van der Waals surface area contributed by atoms with Gasteiger partial charge in [-0.15, -0.1) is 0 Å². The first-order valence-corrected chi connectivity index (χ1v) is 45.8. The lowest BCUT2D eigenvalue weighted by Crippen LogP contribution is -2.60. The van der Waals surface area contributed by atoms with E-state index < -0.39 is 0 Å². The molecule has 5 saturated heterocycles. The Bertz CT molecular complexity index is 3810. The summed E-state index contributed by atoms with van der Waals surface area (Å²) >= 11 is 0. The third-order valence-electron chi connectivity index (χ3n) is 31.6. The van der Waals surface area contributed by atoms with E-state index >= 15 is 0 Å². The summed E-state index contributed by atoms with van der Waals surface area (Å²) < 4.78 is 33.2. The molecule has 0 amide bonds. The molecule has 0 atom stereocenters. The highest BCUT2D eigenvalue weighted by Gasteiger charge is 2.53. The molecule has 19 aliphatic rings. The molecule has 0 N–H and O–H groups in total. The van der Waals surface area contributed by atoms with Gasteiger partial charge < -0.3 is 29.2 Å². The highest BCUT2D eigenvalue weighted by atomic mass is 19.1. The largest absolute Gasteiger partial charge is 0.497 e. The topological polar surface area (TPSA) is 128 Å². The molecule has 114 heavy (non-hydrogen) atoms. The van der Waals surface area contributed by atoms with Crippen LogP contribution < -0.4 is 29.2 Å². The second-order valence-electron chi connectivity index (χ2n) is 38.6. The van der Waals surface area contributed by atoms with Gasteiger partial charge >= 0.3 is 0 Å². The molecule has 0 unspecified atom stereocenters. The summed E-state index contributed by atoms with van der Waals surface area (Å²) in [4.78, 5) is 46.1. The van der Waals surface area contributed by atoms with Crippen LogP contribution in [0.4, 0.5) is 48.6 Å². The van der Waals surface area contributed by atoms with E-state index in [0.29, 0.717) is 0 Å². The van der Waals surface area contributed by atoms with Gasteiger partial charge in [-0.25, -0.2) is 8.78 Å². The van der Waals surface area contributed by atoms with E-state index in [9.17, 15) is 29.0 Å². The number of nitrogens with zero attached hydrogens (tertiary/aromatic N) is 12. The fraction of sp³-hybridized carbons (Fsp3) is 0.684. The van der Waals surface area contributed by atoms with E-state index in [-0.39, 0.29) is 32.9 Å².